The molecule has 116 valence electrons. The van der Waals surface area contributed by atoms with Crippen LogP contribution in [0.1, 0.15) is 46.0 Å². The molecule has 0 aromatic carbocycles. The van der Waals surface area contributed by atoms with Gasteiger partial charge in [-0.25, -0.2) is 0 Å². The SMILES string of the molecule is CCCNc1nc(OCCC)nc(N2CC3CCC2C3)n1. The monoisotopic (exact) mass is 291 g/mol. The van der Waals surface area contributed by atoms with Gasteiger partial charge in [0.25, 0.3) is 0 Å². The first-order chi connectivity index (χ1) is 10.3. The Bertz CT molecular complexity index is 455. The summed E-state index contributed by atoms with van der Waals surface area (Å²) in [6.45, 7) is 6.79. The Labute approximate surface area is 126 Å². The standard InChI is InChI=1S/C15H25N5O/c1-3-7-16-13-17-14(19-15(18-13)21-8-4-2)20-10-11-5-6-12(20)9-11/h11-12H,3-10H2,1-2H3,(H,16,17,18,19). The third kappa shape index (κ3) is 3.19. The predicted octanol–water partition coefficient (Wildman–Crippen LogP) is 2.47. The molecule has 6 heteroatoms. The molecule has 0 radical (unpaired) electrons. The predicted molar refractivity (Wildman–Crippen MR) is 82.9 cm³/mol. The largest absolute Gasteiger partial charge is 0.463 e. The van der Waals surface area contributed by atoms with Crippen LogP contribution in [0, 0.1) is 5.92 Å². The highest BCUT2D eigenvalue weighted by Crippen LogP contribution is 2.39. The Balaban J connectivity index is 1.80. The minimum atomic E-state index is 0.447. The van der Waals surface area contributed by atoms with Crippen LogP contribution in [0.5, 0.6) is 6.01 Å². The van der Waals surface area contributed by atoms with Crippen LogP contribution in [0.15, 0.2) is 0 Å². The number of nitrogens with zero attached hydrogens (tertiary/aromatic N) is 4. The van der Waals surface area contributed by atoms with Gasteiger partial charge < -0.3 is 15.0 Å². The number of nitrogens with one attached hydrogen (secondary N) is 1. The molecule has 3 rings (SSSR count). The van der Waals surface area contributed by atoms with Crippen molar-refractivity contribution in [3.8, 4) is 6.01 Å². The molecule has 1 N–H and O–H groups in total. The minimum Gasteiger partial charge on any atom is -0.463 e. The van der Waals surface area contributed by atoms with Gasteiger partial charge in [0.15, 0.2) is 0 Å². The molecule has 2 bridgehead atoms. The first-order valence-electron chi connectivity index (χ1n) is 8.19. The second-order valence-electron chi connectivity index (χ2n) is 6.00. The van der Waals surface area contributed by atoms with Gasteiger partial charge >= 0.3 is 6.01 Å². The topological polar surface area (TPSA) is 63.2 Å². The van der Waals surface area contributed by atoms with Crippen LogP contribution in [-0.2, 0) is 0 Å². The molecule has 2 unspecified atom stereocenters. The lowest BCUT2D eigenvalue weighted by molar-refractivity contribution is 0.291. The Morgan fingerprint density at radius 1 is 1.19 bits per heavy atom. The van der Waals surface area contributed by atoms with Crippen LogP contribution < -0.4 is 15.0 Å². The third-order valence-electron chi connectivity index (χ3n) is 4.24. The zero-order valence-electron chi connectivity index (χ0n) is 13.0. The zero-order valence-corrected chi connectivity index (χ0v) is 13.0. The van der Waals surface area contributed by atoms with Crippen molar-refractivity contribution >= 4 is 11.9 Å². The molecule has 2 aliphatic rings. The van der Waals surface area contributed by atoms with Crippen molar-refractivity contribution in [1.82, 2.24) is 15.0 Å². The molecule has 1 aliphatic heterocycles. The smallest absolute Gasteiger partial charge is 0.323 e. The molecule has 2 heterocycles. The number of aromatic nitrogens is 3. The fourth-order valence-corrected chi connectivity index (χ4v) is 3.22. The van der Waals surface area contributed by atoms with E-state index in [0.717, 1.165) is 37.8 Å². The van der Waals surface area contributed by atoms with Crippen molar-refractivity contribution in [2.75, 3.05) is 29.9 Å². The molecule has 1 aliphatic carbocycles. The molecule has 1 aromatic heterocycles. The number of fused-ring (bicyclic) bond motifs is 2. The molecular weight excluding hydrogens is 266 g/mol. The maximum atomic E-state index is 5.63. The summed E-state index contributed by atoms with van der Waals surface area (Å²) < 4.78 is 5.63. The Morgan fingerprint density at radius 3 is 2.76 bits per heavy atom. The van der Waals surface area contributed by atoms with E-state index in [-0.39, 0.29) is 0 Å². The van der Waals surface area contributed by atoms with Crippen molar-refractivity contribution in [2.24, 2.45) is 5.92 Å². The van der Waals surface area contributed by atoms with E-state index in [0.29, 0.717) is 24.6 Å². The fraction of sp³-hybridized carbons (Fsp3) is 0.800. The van der Waals surface area contributed by atoms with E-state index in [1.54, 1.807) is 0 Å². The van der Waals surface area contributed by atoms with Crippen LogP contribution in [-0.4, -0.2) is 40.7 Å². The van der Waals surface area contributed by atoms with E-state index in [1.807, 2.05) is 0 Å². The van der Waals surface area contributed by atoms with E-state index < -0.39 is 0 Å². The second kappa shape index (κ2) is 6.45. The van der Waals surface area contributed by atoms with Crippen LogP contribution >= 0.6 is 0 Å². The number of piperidine rings is 1. The van der Waals surface area contributed by atoms with Gasteiger partial charge in [-0.3, -0.25) is 0 Å². The molecule has 1 aromatic rings. The summed E-state index contributed by atoms with van der Waals surface area (Å²) in [7, 11) is 0. The molecule has 2 fully saturated rings. The minimum absolute atomic E-state index is 0.447. The number of anilines is 2. The van der Waals surface area contributed by atoms with Crippen LogP contribution in [0.2, 0.25) is 0 Å². The van der Waals surface area contributed by atoms with Gasteiger partial charge in [-0.15, -0.1) is 0 Å². The zero-order chi connectivity index (χ0) is 14.7. The molecule has 0 amide bonds. The second-order valence-corrected chi connectivity index (χ2v) is 6.00. The van der Waals surface area contributed by atoms with Gasteiger partial charge in [0.2, 0.25) is 11.9 Å². The summed E-state index contributed by atoms with van der Waals surface area (Å²) in [4.78, 5) is 15.8. The average Bonchev–Trinajstić information content (AvgIpc) is 3.13. The Kier molecular flexibility index (Phi) is 4.41. The number of ether oxygens (including phenoxy) is 1. The molecule has 2 atom stereocenters. The van der Waals surface area contributed by atoms with Crippen molar-refractivity contribution in [3.05, 3.63) is 0 Å². The summed E-state index contributed by atoms with van der Waals surface area (Å²) in [5.74, 6) is 2.23. The molecule has 0 spiro atoms. The normalized spacial score (nSPS) is 23.6. The maximum Gasteiger partial charge on any atom is 0.323 e. The summed E-state index contributed by atoms with van der Waals surface area (Å²) in [6, 6.07) is 1.05. The van der Waals surface area contributed by atoms with Crippen molar-refractivity contribution in [3.63, 3.8) is 0 Å². The highest BCUT2D eigenvalue weighted by atomic mass is 16.5. The fourth-order valence-electron chi connectivity index (χ4n) is 3.22. The van der Waals surface area contributed by atoms with E-state index in [1.165, 1.54) is 19.3 Å². The lowest BCUT2D eigenvalue weighted by Crippen LogP contribution is -2.33. The van der Waals surface area contributed by atoms with E-state index in [4.69, 9.17) is 4.74 Å². The molecular formula is C15H25N5O. The van der Waals surface area contributed by atoms with Crippen LogP contribution in [0.25, 0.3) is 0 Å². The van der Waals surface area contributed by atoms with Gasteiger partial charge in [0.1, 0.15) is 0 Å². The maximum absolute atomic E-state index is 5.63. The molecule has 1 saturated heterocycles. The first-order valence-corrected chi connectivity index (χ1v) is 8.19. The third-order valence-corrected chi connectivity index (χ3v) is 4.24. The van der Waals surface area contributed by atoms with Crippen LogP contribution in [0.4, 0.5) is 11.9 Å². The summed E-state index contributed by atoms with van der Waals surface area (Å²) in [5, 5.41) is 3.25. The van der Waals surface area contributed by atoms with Crippen LogP contribution in [0.3, 0.4) is 0 Å². The lowest BCUT2D eigenvalue weighted by Gasteiger charge is -2.27. The van der Waals surface area contributed by atoms with E-state index in [2.05, 4.69) is 39.0 Å². The Morgan fingerprint density at radius 2 is 2.10 bits per heavy atom. The van der Waals surface area contributed by atoms with Gasteiger partial charge in [-0.05, 0) is 38.0 Å². The number of hydrogen-bond donors (Lipinski definition) is 1. The van der Waals surface area contributed by atoms with Crippen molar-refractivity contribution in [1.29, 1.82) is 0 Å². The first kappa shape index (κ1) is 14.4. The summed E-state index contributed by atoms with van der Waals surface area (Å²) in [6.07, 6.45) is 5.90. The number of rotatable bonds is 7. The summed E-state index contributed by atoms with van der Waals surface area (Å²) in [5.41, 5.74) is 0. The lowest BCUT2D eigenvalue weighted by atomic mass is 10.1. The van der Waals surface area contributed by atoms with Gasteiger partial charge in [-0.1, -0.05) is 13.8 Å². The highest BCUT2D eigenvalue weighted by Gasteiger charge is 2.39. The van der Waals surface area contributed by atoms with Gasteiger partial charge in [0, 0.05) is 19.1 Å². The van der Waals surface area contributed by atoms with E-state index >= 15 is 0 Å². The number of hydrogen-bond acceptors (Lipinski definition) is 6. The van der Waals surface area contributed by atoms with Crippen molar-refractivity contribution < 1.29 is 4.74 Å². The van der Waals surface area contributed by atoms with Crippen molar-refractivity contribution in [2.45, 2.75) is 52.0 Å². The molecule has 6 nitrogen and oxygen atoms in total. The Hall–Kier alpha value is -1.59. The van der Waals surface area contributed by atoms with Gasteiger partial charge in [-0.2, -0.15) is 15.0 Å². The average molecular weight is 291 g/mol. The molecule has 21 heavy (non-hydrogen) atoms. The quantitative estimate of drug-likeness (QED) is 0.832. The summed E-state index contributed by atoms with van der Waals surface area (Å²) >= 11 is 0. The van der Waals surface area contributed by atoms with E-state index in [9.17, 15) is 0 Å². The highest BCUT2D eigenvalue weighted by molar-refractivity contribution is 5.41. The van der Waals surface area contributed by atoms with Gasteiger partial charge in [0.05, 0.1) is 6.61 Å². The molecule has 1 saturated carbocycles.